The molecular formula is C20H30. The van der Waals surface area contributed by atoms with E-state index < -0.39 is 0 Å². The number of hydrogen-bond acceptors (Lipinski definition) is 0. The third-order valence-electron chi connectivity index (χ3n) is 3.21. The summed E-state index contributed by atoms with van der Waals surface area (Å²) in [5, 5.41) is 0. The molecule has 0 spiro atoms. The highest BCUT2D eigenvalue weighted by Gasteiger charge is 1.95. The van der Waals surface area contributed by atoms with Crippen LogP contribution in [0.2, 0.25) is 0 Å². The molecule has 0 aliphatic heterocycles. The second-order valence-electron chi connectivity index (χ2n) is 5.80. The van der Waals surface area contributed by atoms with E-state index in [1.54, 1.807) is 0 Å². The first-order chi connectivity index (χ1) is 9.43. The second kappa shape index (κ2) is 11.3. The summed E-state index contributed by atoms with van der Waals surface area (Å²) in [6, 6.07) is 20.5. The van der Waals surface area contributed by atoms with Crippen molar-refractivity contribution in [2.45, 2.75) is 41.5 Å². The van der Waals surface area contributed by atoms with Gasteiger partial charge in [0.15, 0.2) is 0 Å². The van der Waals surface area contributed by atoms with Crippen LogP contribution in [0.25, 0.3) is 0 Å². The van der Waals surface area contributed by atoms with Crippen molar-refractivity contribution in [1.29, 1.82) is 0 Å². The predicted molar refractivity (Wildman–Crippen MR) is 92.0 cm³/mol. The Balaban J connectivity index is 0.000000272. The fourth-order valence-corrected chi connectivity index (χ4v) is 1.07. The van der Waals surface area contributed by atoms with Crippen LogP contribution in [0.5, 0.6) is 0 Å². The standard InChI is InChI=1S/2C7H8.C6H14/c2*1-7-5-3-2-4-6-7;1-5(2)6(3)4/h2*2-6H,1H3;5-6H,1-4H3. The van der Waals surface area contributed by atoms with E-state index >= 15 is 0 Å². The highest BCUT2D eigenvalue weighted by molar-refractivity contribution is 5.12. The van der Waals surface area contributed by atoms with Crippen molar-refractivity contribution in [2.75, 3.05) is 0 Å². The van der Waals surface area contributed by atoms with Crippen LogP contribution in [-0.2, 0) is 0 Å². The molecule has 2 aromatic carbocycles. The molecule has 0 heterocycles. The SMILES string of the molecule is CC(C)C(C)C.Cc1ccccc1.Cc1ccccc1. The Hall–Kier alpha value is -1.56. The minimum atomic E-state index is 0.852. The Kier molecular flexibility index (Phi) is 10.4. The molecule has 0 aliphatic rings. The van der Waals surface area contributed by atoms with Gasteiger partial charge in [-0.25, -0.2) is 0 Å². The first-order valence-corrected chi connectivity index (χ1v) is 7.46. The van der Waals surface area contributed by atoms with Crippen LogP contribution in [0.15, 0.2) is 60.7 Å². The molecular weight excluding hydrogens is 240 g/mol. The van der Waals surface area contributed by atoms with Gasteiger partial charge in [0.1, 0.15) is 0 Å². The normalized spacial score (nSPS) is 9.40. The Labute approximate surface area is 125 Å². The lowest BCUT2D eigenvalue weighted by molar-refractivity contribution is 0.457. The van der Waals surface area contributed by atoms with Crippen LogP contribution in [-0.4, -0.2) is 0 Å². The van der Waals surface area contributed by atoms with Gasteiger partial charge in [-0.15, -0.1) is 0 Å². The molecule has 0 saturated carbocycles. The van der Waals surface area contributed by atoms with Gasteiger partial charge in [-0.3, -0.25) is 0 Å². The molecule has 0 fully saturated rings. The molecule has 0 aliphatic carbocycles. The Bertz CT molecular complexity index is 369. The maximum atomic E-state index is 2.24. The Morgan fingerprint density at radius 1 is 0.500 bits per heavy atom. The average molecular weight is 270 g/mol. The molecule has 0 N–H and O–H groups in total. The quantitative estimate of drug-likeness (QED) is 0.571. The molecule has 0 heteroatoms. The van der Waals surface area contributed by atoms with Crippen LogP contribution in [0.4, 0.5) is 0 Å². The largest absolute Gasteiger partial charge is 0.0625 e. The van der Waals surface area contributed by atoms with E-state index in [2.05, 4.69) is 65.8 Å². The van der Waals surface area contributed by atoms with Gasteiger partial charge in [-0.2, -0.15) is 0 Å². The van der Waals surface area contributed by atoms with Crippen LogP contribution in [0.1, 0.15) is 38.8 Å². The summed E-state index contributed by atoms with van der Waals surface area (Å²) in [4.78, 5) is 0. The first-order valence-electron chi connectivity index (χ1n) is 7.46. The van der Waals surface area contributed by atoms with Gasteiger partial charge >= 0.3 is 0 Å². The van der Waals surface area contributed by atoms with Gasteiger partial charge in [0.05, 0.1) is 0 Å². The molecule has 0 atom stereocenters. The molecule has 0 amide bonds. The summed E-state index contributed by atoms with van der Waals surface area (Å²) in [7, 11) is 0. The van der Waals surface area contributed by atoms with Crippen LogP contribution in [0.3, 0.4) is 0 Å². The molecule has 0 unspecified atom stereocenters. The van der Waals surface area contributed by atoms with Crippen molar-refractivity contribution in [3.63, 3.8) is 0 Å². The maximum absolute atomic E-state index is 2.24. The maximum Gasteiger partial charge on any atom is -0.0398 e. The molecule has 0 bridgehead atoms. The fourth-order valence-electron chi connectivity index (χ4n) is 1.07. The highest BCUT2D eigenvalue weighted by atomic mass is 14.0. The summed E-state index contributed by atoms with van der Waals surface area (Å²) < 4.78 is 0. The molecule has 20 heavy (non-hydrogen) atoms. The summed E-state index contributed by atoms with van der Waals surface area (Å²) in [6.07, 6.45) is 0. The minimum absolute atomic E-state index is 0.852. The molecule has 2 aromatic rings. The van der Waals surface area contributed by atoms with E-state index in [1.165, 1.54) is 11.1 Å². The zero-order chi connectivity index (χ0) is 15.4. The zero-order valence-electron chi connectivity index (χ0n) is 13.9. The molecule has 0 nitrogen and oxygen atoms in total. The van der Waals surface area contributed by atoms with E-state index in [-0.39, 0.29) is 0 Å². The average Bonchev–Trinajstić information content (AvgIpc) is 2.42. The predicted octanol–water partition coefficient (Wildman–Crippen LogP) is 6.29. The van der Waals surface area contributed by atoms with Crippen molar-refractivity contribution in [2.24, 2.45) is 11.8 Å². The number of hydrogen-bond donors (Lipinski definition) is 0. The van der Waals surface area contributed by atoms with Crippen molar-refractivity contribution >= 4 is 0 Å². The van der Waals surface area contributed by atoms with Crippen molar-refractivity contribution in [3.8, 4) is 0 Å². The van der Waals surface area contributed by atoms with E-state index in [1.807, 2.05) is 36.4 Å². The lowest BCUT2D eigenvalue weighted by Gasteiger charge is -2.05. The number of benzene rings is 2. The Morgan fingerprint density at radius 2 is 0.750 bits per heavy atom. The van der Waals surface area contributed by atoms with Gasteiger partial charge in [-0.05, 0) is 25.7 Å². The third-order valence-corrected chi connectivity index (χ3v) is 3.21. The highest BCUT2D eigenvalue weighted by Crippen LogP contribution is 2.05. The molecule has 0 radical (unpaired) electrons. The van der Waals surface area contributed by atoms with Crippen LogP contribution < -0.4 is 0 Å². The smallest absolute Gasteiger partial charge is 0.0398 e. The second-order valence-corrected chi connectivity index (χ2v) is 5.80. The van der Waals surface area contributed by atoms with Crippen LogP contribution >= 0.6 is 0 Å². The van der Waals surface area contributed by atoms with Gasteiger partial charge < -0.3 is 0 Å². The lowest BCUT2D eigenvalue weighted by atomic mass is 10.0. The zero-order valence-corrected chi connectivity index (χ0v) is 13.9. The summed E-state index contributed by atoms with van der Waals surface area (Å²) in [5.41, 5.74) is 2.64. The molecule has 2 rings (SSSR count). The summed E-state index contributed by atoms with van der Waals surface area (Å²) in [6.45, 7) is 13.1. The monoisotopic (exact) mass is 270 g/mol. The first kappa shape index (κ1) is 18.4. The molecule has 0 aromatic heterocycles. The van der Waals surface area contributed by atoms with E-state index in [4.69, 9.17) is 0 Å². The van der Waals surface area contributed by atoms with Crippen molar-refractivity contribution < 1.29 is 0 Å². The van der Waals surface area contributed by atoms with E-state index in [9.17, 15) is 0 Å². The summed E-state index contributed by atoms with van der Waals surface area (Å²) >= 11 is 0. The van der Waals surface area contributed by atoms with E-state index in [0.29, 0.717) is 0 Å². The van der Waals surface area contributed by atoms with Crippen molar-refractivity contribution in [1.82, 2.24) is 0 Å². The van der Waals surface area contributed by atoms with Gasteiger partial charge in [0, 0.05) is 0 Å². The van der Waals surface area contributed by atoms with Gasteiger partial charge in [0.25, 0.3) is 0 Å². The van der Waals surface area contributed by atoms with Gasteiger partial charge in [0.2, 0.25) is 0 Å². The van der Waals surface area contributed by atoms with Gasteiger partial charge in [-0.1, -0.05) is 99.5 Å². The molecule has 110 valence electrons. The Morgan fingerprint density at radius 3 is 0.850 bits per heavy atom. The number of aryl methyl sites for hydroxylation is 2. The fraction of sp³-hybridized carbons (Fsp3) is 0.400. The van der Waals surface area contributed by atoms with Crippen LogP contribution in [0, 0.1) is 25.7 Å². The van der Waals surface area contributed by atoms with Crippen molar-refractivity contribution in [3.05, 3.63) is 71.8 Å². The summed E-state index contributed by atoms with van der Waals surface area (Å²) in [5.74, 6) is 1.70. The topological polar surface area (TPSA) is 0 Å². The minimum Gasteiger partial charge on any atom is -0.0625 e. The molecule has 0 saturated heterocycles. The third kappa shape index (κ3) is 11.5. The van der Waals surface area contributed by atoms with E-state index in [0.717, 1.165) is 11.8 Å². The lowest BCUT2D eigenvalue weighted by Crippen LogP contribution is -1.95. The number of rotatable bonds is 1.